The van der Waals surface area contributed by atoms with E-state index in [2.05, 4.69) is 21.2 Å². The molecular formula is C16H12BrF2NOS. The van der Waals surface area contributed by atoms with Crippen LogP contribution in [0, 0.1) is 11.6 Å². The zero-order chi connectivity index (χ0) is 15.7. The molecule has 1 N–H and O–H groups in total. The normalized spacial score (nSPS) is 17.0. The zero-order valence-electron chi connectivity index (χ0n) is 11.4. The van der Waals surface area contributed by atoms with E-state index in [9.17, 15) is 13.6 Å². The molecule has 0 fully saturated rings. The fraction of sp³-hybridized carbons (Fsp3) is 0.188. The summed E-state index contributed by atoms with van der Waals surface area (Å²) in [6.07, 6.45) is 0.708. The van der Waals surface area contributed by atoms with Crippen molar-refractivity contribution in [2.45, 2.75) is 17.4 Å². The largest absolute Gasteiger partial charge is 0.345 e. The lowest BCUT2D eigenvalue weighted by atomic mass is 10.0. The van der Waals surface area contributed by atoms with E-state index < -0.39 is 5.82 Å². The van der Waals surface area contributed by atoms with Crippen LogP contribution in [0.5, 0.6) is 0 Å². The van der Waals surface area contributed by atoms with Crippen LogP contribution in [0.4, 0.5) is 8.78 Å². The van der Waals surface area contributed by atoms with E-state index in [1.165, 1.54) is 30.3 Å². The van der Waals surface area contributed by atoms with Gasteiger partial charge in [0.25, 0.3) is 5.91 Å². The summed E-state index contributed by atoms with van der Waals surface area (Å²) in [5, 5.41) is 2.87. The van der Waals surface area contributed by atoms with Crippen molar-refractivity contribution in [2.24, 2.45) is 0 Å². The van der Waals surface area contributed by atoms with Crippen LogP contribution < -0.4 is 5.32 Å². The van der Waals surface area contributed by atoms with Crippen molar-refractivity contribution in [3.05, 3.63) is 63.6 Å². The molecule has 0 saturated heterocycles. The van der Waals surface area contributed by atoms with Gasteiger partial charge in [-0.05, 0) is 64.3 Å². The van der Waals surface area contributed by atoms with Gasteiger partial charge in [0.15, 0.2) is 0 Å². The Labute approximate surface area is 139 Å². The number of halogens is 3. The summed E-state index contributed by atoms with van der Waals surface area (Å²) in [5.74, 6) is -0.335. The Morgan fingerprint density at radius 3 is 2.73 bits per heavy atom. The van der Waals surface area contributed by atoms with Crippen molar-refractivity contribution in [2.75, 3.05) is 5.75 Å². The molecule has 0 spiro atoms. The van der Waals surface area contributed by atoms with E-state index in [1.54, 1.807) is 17.8 Å². The van der Waals surface area contributed by atoms with Gasteiger partial charge in [-0.25, -0.2) is 8.78 Å². The van der Waals surface area contributed by atoms with Gasteiger partial charge in [0.05, 0.1) is 11.6 Å². The molecular weight excluding hydrogens is 372 g/mol. The Hall–Kier alpha value is -1.40. The molecule has 1 unspecified atom stereocenters. The van der Waals surface area contributed by atoms with Gasteiger partial charge in [0, 0.05) is 15.1 Å². The fourth-order valence-electron chi connectivity index (χ4n) is 2.42. The number of hydrogen-bond acceptors (Lipinski definition) is 2. The Bertz CT molecular complexity index is 738. The van der Waals surface area contributed by atoms with Gasteiger partial charge < -0.3 is 5.32 Å². The van der Waals surface area contributed by atoms with Gasteiger partial charge in [0.2, 0.25) is 0 Å². The molecule has 0 radical (unpaired) electrons. The second-order valence-corrected chi connectivity index (χ2v) is 6.96. The predicted molar refractivity (Wildman–Crippen MR) is 86.0 cm³/mol. The predicted octanol–water partition coefficient (Wildman–Crippen LogP) is 4.69. The Morgan fingerprint density at radius 2 is 1.91 bits per heavy atom. The molecule has 1 aliphatic heterocycles. The molecule has 3 rings (SSSR count). The molecule has 1 heterocycles. The highest BCUT2D eigenvalue weighted by Crippen LogP contribution is 2.36. The average Bonchev–Trinajstić information content (AvgIpc) is 2.50. The van der Waals surface area contributed by atoms with E-state index in [0.717, 1.165) is 16.2 Å². The number of benzene rings is 2. The standard InChI is InChI=1S/C16H12BrF2NOS/c17-13-3-1-9(18)7-11(13)16(21)20-14-5-6-22-15-4-2-10(19)8-12(14)15/h1-4,7-8,14H,5-6H2,(H,20,21). The summed E-state index contributed by atoms with van der Waals surface area (Å²) in [5.41, 5.74) is 1.01. The van der Waals surface area contributed by atoms with Crippen LogP contribution in [-0.2, 0) is 0 Å². The maximum absolute atomic E-state index is 13.5. The van der Waals surface area contributed by atoms with E-state index in [1.807, 2.05) is 0 Å². The van der Waals surface area contributed by atoms with Crippen LogP contribution in [0.1, 0.15) is 28.4 Å². The van der Waals surface area contributed by atoms with Crippen LogP contribution >= 0.6 is 27.7 Å². The maximum atomic E-state index is 13.5. The quantitative estimate of drug-likeness (QED) is 0.814. The highest BCUT2D eigenvalue weighted by Gasteiger charge is 2.24. The van der Waals surface area contributed by atoms with Crippen LogP contribution in [-0.4, -0.2) is 11.7 Å². The molecule has 2 nitrogen and oxygen atoms in total. The molecule has 1 amide bonds. The smallest absolute Gasteiger partial charge is 0.253 e. The van der Waals surface area contributed by atoms with Crippen LogP contribution in [0.3, 0.4) is 0 Å². The highest BCUT2D eigenvalue weighted by atomic mass is 79.9. The third-order valence-corrected chi connectivity index (χ3v) is 5.30. The van der Waals surface area contributed by atoms with E-state index >= 15 is 0 Å². The number of thioether (sulfide) groups is 1. The van der Waals surface area contributed by atoms with Crippen LogP contribution in [0.25, 0.3) is 0 Å². The Balaban J connectivity index is 1.87. The van der Waals surface area contributed by atoms with Crippen LogP contribution in [0.15, 0.2) is 45.8 Å². The molecule has 6 heteroatoms. The zero-order valence-corrected chi connectivity index (χ0v) is 13.8. The van der Waals surface area contributed by atoms with Crippen molar-refractivity contribution in [1.29, 1.82) is 0 Å². The first-order valence-corrected chi connectivity index (χ1v) is 8.50. The van der Waals surface area contributed by atoms with E-state index in [4.69, 9.17) is 0 Å². The molecule has 0 saturated carbocycles. The molecule has 0 aromatic heterocycles. The third kappa shape index (κ3) is 3.17. The summed E-state index contributed by atoms with van der Waals surface area (Å²) >= 11 is 4.89. The molecule has 1 aliphatic rings. The van der Waals surface area contributed by atoms with Gasteiger partial charge in [-0.2, -0.15) is 0 Å². The van der Waals surface area contributed by atoms with Gasteiger partial charge in [0.1, 0.15) is 11.6 Å². The van der Waals surface area contributed by atoms with Crippen molar-refractivity contribution in [3.63, 3.8) is 0 Å². The minimum Gasteiger partial charge on any atom is -0.345 e. The van der Waals surface area contributed by atoms with Crippen molar-refractivity contribution in [3.8, 4) is 0 Å². The first-order valence-electron chi connectivity index (χ1n) is 6.73. The number of carbonyl (C=O) groups excluding carboxylic acids is 1. The summed E-state index contributed by atoms with van der Waals surface area (Å²) in [6, 6.07) is 8.29. The molecule has 1 atom stereocenters. The van der Waals surface area contributed by atoms with E-state index in [-0.39, 0.29) is 23.3 Å². The molecule has 2 aromatic rings. The lowest BCUT2D eigenvalue weighted by Gasteiger charge is -2.26. The average molecular weight is 384 g/mol. The number of amides is 1. The lowest BCUT2D eigenvalue weighted by Crippen LogP contribution is -2.31. The molecule has 2 aromatic carbocycles. The minimum absolute atomic E-state index is 0.233. The van der Waals surface area contributed by atoms with Crippen molar-refractivity contribution in [1.82, 2.24) is 5.32 Å². The number of hydrogen-bond donors (Lipinski definition) is 1. The number of fused-ring (bicyclic) bond motifs is 1. The first kappa shape index (κ1) is 15.5. The van der Waals surface area contributed by atoms with E-state index in [0.29, 0.717) is 10.9 Å². The molecule has 0 aliphatic carbocycles. The first-order chi connectivity index (χ1) is 10.5. The number of rotatable bonds is 2. The van der Waals surface area contributed by atoms with Gasteiger partial charge >= 0.3 is 0 Å². The maximum Gasteiger partial charge on any atom is 0.253 e. The third-order valence-electron chi connectivity index (χ3n) is 3.49. The topological polar surface area (TPSA) is 29.1 Å². The van der Waals surface area contributed by atoms with Gasteiger partial charge in [-0.15, -0.1) is 11.8 Å². The highest BCUT2D eigenvalue weighted by molar-refractivity contribution is 9.10. The molecule has 0 bridgehead atoms. The molecule has 22 heavy (non-hydrogen) atoms. The number of carbonyl (C=O) groups is 1. The summed E-state index contributed by atoms with van der Waals surface area (Å²) in [4.78, 5) is 13.3. The Kier molecular flexibility index (Phi) is 4.49. The fourth-order valence-corrected chi connectivity index (χ4v) is 3.95. The minimum atomic E-state index is -0.473. The summed E-state index contributed by atoms with van der Waals surface area (Å²) in [7, 11) is 0. The summed E-state index contributed by atoms with van der Waals surface area (Å²) < 4.78 is 27.3. The van der Waals surface area contributed by atoms with Crippen LogP contribution in [0.2, 0.25) is 0 Å². The Morgan fingerprint density at radius 1 is 1.18 bits per heavy atom. The monoisotopic (exact) mass is 383 g/mol. The second-order valence-electron chi connectivity index (χ2n) is 4.97. The van der Waals surface area contributed by atoms with Crippen molar-refractivity contribution >= 4 is 33.6 Å². The van der Waals surface area contributed by atoms with Crippen molar-refractivity contribution < 1.29 is 13.6 Å². The second kappa shape index (κ2) is 6.38. The molecule has 114 valence electrons. The number of nitrogens with one attached hydrogen (secondary N) is 1. The summed E-state index contributed by atoms with van der Waals surface area (Å²) in [6.45, 7) is 0. The van der Waals surface area contributed by atoms with Gasteiger partial charge in [-0.3, -0.25) is 4.79 Å². The lowest BCUT2D eigenvalue weighted by molar-refractivity contribution is 0.0933. The SMILES string of the molecule is O=C(NC1CCSc2ccc(F)cc21)c1cc(F)ccc1Br. The van der Waals surface area contributed by atoms with Gasteiger partial charge in [-0.1, -0.05) is 0 Å².